The lowest BCUT2D eigenvalue weighted by molar-refractivity contribution is -0.202. The fourth-order valence-corrected chi connectivity index (χ4v) is 3.14. The molecule has 3 heterocycles. The smallest absolute Gasteiger partial charge is 0.330 e. The summed E-state index contributed by atoms with van der Waals surface area (Å²) < 4.78 is 23.6. The van der Waals surface area contributed by atoms with Gasteiger partial charge in [-0.15, -0.1) is 0 Å². The molecular formula is C16H20N2O8. The summed E-state index contributed by atoms with van der Waals surface area (Å²) >= 11 is 0. The number of carbonyl (C=O) groups is 2. The van der Waals surface area contributed by atoms with Gasteiger partial charge in [0.15, 0.2) is 17.8 Å². The van der Waals surface area contributed by atoms with Crippen molar-refractivity contribution in [3.8, 4) is 0 Å². The summed E-state index contributed by atoms with van der Waals surface area (Å²) in [7, 11) is 0. The fourth-order valence-electron chi connectivity index (χ4n) is 3.14. The molecule has 0 spiro atoms. The fraction of sp³-hybridized carbons (Fsp3) is 0.625. The maximum absolute atomic E-state index is 12.3. The number of H-pyrrole nitrogens is 1. The van der Waals surface area contributed by atoms with Crippen LogP contribution in [0, 0.1) is 0 Å². The second-order valence-electron chi connectivity index (χ2n) is 6.70. The summed E-state index contributed by atoms with van der Waals surface area (Å²) in [5.74, 6) is -1.90. The van der Waals surface area contributed by atoms with Gasteiger partial charge in [0.1, 0.15) is 24.9 Å². The third-order valence-corrected chi connectivity index (χ3v) is 4.20. The maximum atomic E-state index is 12.3. The predicted molar refractivity (Wildman–Crippen MR) is 85.7 cm³/mol. The number of hydrogen-bond acceptors (Lipinski definition) is 8. The minimum absolute atomic E-state index is 0.0793. The quantitative estimate of drug-likeness (QED) is 0.568. The molecular weight excluding hydrogens is 348 g/mol. The molecule has 0 bridgehead atoms. The van der Waals surface area contributed by atoms with Gasteiger partial charge in [0.25, 0.3) is 5.56 Å². The zero-order valence-corrected chi connectivity index (χ0v) is 14.8. The van der Waals surface area contributed by atoms with Crippen LogP contribution in [0.15, 0.2) is 15.8 Å². The zero-order valence-electron chi connectivity index (χ0n) is 14.8. The summed E-state index contributed by atoms with van der Waals surface area (Å²) in [6, 6.07) is 0. The van der Waals surface area contributed by atoms with Gasteiger partial charge in [0, 0.05) is 13.1 Å². The van der Waals surface area contributed by atoms with Crippen LogP contribution in [0.25, 0.3) is 0 Å². The van der Waals surface area contributed by atoms with Crippen molar-refractivity contribution in [1.29, 1.82) is 0 Å². The number of rotatable bonds is 4. The Balaban J connectivity index is 1.98. The molecule has 26 heavy (non-hydrogen) atoms. The van der Waals surface area contributed by atoms with Crippen LogP contribution in [0.2, 0.25) is 0 Å². The van der Waals surface area contributed by atoms with Gasteiger partial charge in [0.05, 0.1) is 5.56 Å². The summed E-state index contributed by atoms with van der Waals surface area (Å²) in [5, 5.41) is 0. The molecule has 0 unspecified atom stereocenters. The maximum Gasteiger partial charge on any atom is 0.330 e. The highest BCUT2D eigenvalue weighted by atomic mass is 16.8. The van der Waals surface area contributed by atoms with E-state index in [1.165, 1.54) is 13.8 Å². The van der Waals surface area contributed by atoms with Crippen molar-refractivity contribution in [1.82, 2.24) is 9.55 Å². The van der Waals surface area contributed by atoms with Crippen molar-refractivity contribution in [2.24, 2.45) is 0 Å². The number of fused-ring (bicyclic) bond motifs is 1. The Hall–Kier alpha value is -2.30. The molecule has 10 nitrogen and oxygen atoms in total. The third-order valence-electron chi connectivity index (χ3n) is 4.20. The molecule has 1 aromatic rings. The number of aromatic amines is 1. The average molecular weight is 368 g/mol. The largest absolute Gasteiger partial charge is 0.463 e. The first-order valence-corrected chi connectivity index (χ1v) is 8.10. The van der Waals surface area contributed by atoms with Crippen LogP contribution < -0.4 is 11.2 Å². The van der Waals surface area contributed by atoms with Crippen LogP contribution in [0.1, 0.15) is 44.3 Å². The Labute approximate surface area is 148 Å². The van der Waals surface area contributed by atoms with Crippen LogP contribution in [0.4, 0.5) is 0 Å². The number of Topliss-reactive ketones (excluding diaryl/α,β-unsaturated/α-hetero) is 1. The van der Waals surface area contributed by atoms with Gasteiger partial charge in [-0.25, -0.2) is 4.79 Å². The van der Waals surface area contributed by atoms with Crippen LogP contribution in [-0.2, 0) is 23.7 Å². The van der Waals surface area contributed by atoms with Gasteiger partial charge in [-0.1, -0.05) is 0 Å². The molecule has 3 rings (SSSR count). The Morgan fingerprint density at radius 2 is 1.88 bits per heavy atom. The number of ether oxygens (including phenoxy) is 4. The van der Waals surface area contributed by atoms with E-state index in [0.29, 0.717) is 0 Å². The van der Waals surface area contributed by atoms with Crippen molar-refractivity contribution in [3.05, 3.63) is 32.6 Å². The number of nitrogens with one attached hydrogen (secondary N) is 1. The lowest BCUT2D eigenvalue weighted by atomic mass is 10.1. The van der Waals surface area contributed by atoms with E-state index in [-0.39, 0.29) is 12.2 Å². The summed E-state index contributed by atoms with van der Waals surface area (Å²) in [4.78, 5) is 48.9. The second kappa shape index (κ2) is 6.45. The number of esters is 1. The Morgan fingerprint density at radius 1 is 1.23 bits per heavy atom. The Kier molecular flexibility index (Phi) is 4.59. The molecule has 2 aliphatic heterocycles. The topological polar surface area (TPSA) is 126 Å². The summed E-state index contributed by atoms with van der Waals surface area (Å²) in [6.45, 7) is 5.83. The van der Waals surface area contributed by atoms with E-state index in [0.717, 1.165) is 10.8 Å². The number of ketones is 1. The standard InChI is InChI=1S/C16H20N2O8/c1-7(19)9-5-18(15(22)17-13(9)21)14-12-11(25-16(3,4)26-12)10(24-14)6-23-8(2)20/h5,10-12,14H,6H2,1-4H3,(H,17,21,22)/t10-,11-,12-,14-/m1/s1. The second-order valence-corrected chi connectivity index (χ2v) is 6.70. The molecule has 2 aliphatic rings. The predicted octanol–water partition coefficient (Wildman–Crippen LogP) is -0.280. The van der Waals surface area contributed by atoms with Gasteiger partial charge in [-0.3, -0.25) is 23.9 Å². The number of hydrogen-bond donors (Lipinski definition) is 1. The molecule has 2 saturated heterocycles. The lowest BCUT2D eigenvalue weighted by Crippen LogP contribution is -2.39. The van der Waals surface area contributed by atoms with Gasteiger partial charge in [-0.2, -0.15) is 0 Å². The molecule has 1 N–H and O–H groups in total. The van der Waals surface area contributed by atoms with Crippen LogP contribution in [-0.4, -0.2) is 52.0 Å². The first-order chi connectivity index (χ1) is 12.1. The van der Waals surface area contributed by atoms with Gasteiger partial charge in [0.2, 0.25) is 0 Å². The van der Waals surface area contributed by atoms with Gasteiger partial charge < -0.3 is 18.9 Å². The minimum atomic E-state index is -0.954. The molecule has 2 fully saturated rings. The van der Waals surface area contributed by atoms with Crippen molar-refractivity contribution >= 4 is 11.8 Å². The van der Waals surface area contributed by atoms with E-state index in [4.69, 9.17) is 18.9 Å². The molecule has 10 heteroatoms. The highest BCUT2D eigenvalue weighted by Crippen LogP contribution is 2.42. The first-order valence-electron chi connectivity index (χ1n) is 8.10. The molecule has 142 valence electrons. The van der Waals surface area contributed by atoms with E-state index in [1.54, 1.807) is 13.8 Å². The van der Waals surface area contributed by atoms with E-state index in [1.807, 2.05) is 0 Å². The SMILES string of the molecule is CC(=O)OC[C@H]1O[C@@H](n2cc(C(C)=O)c(=O)[nH]c2=O)[C@@H]2OC(C)(C)O[C@@H]21. The Morgan fingerprint density at radius 3 is 2.50 bits per heavy atom. The van der Waals surface area contributed by atoms with Crippen LogP contribution in [0.5, 0.6) is 0 Å². The summed E-state index contributed by atoms with van der Waals surface area (Å²) in [5.41, 5.74) is -1.69. The van der Waals surface area contributed by atoms with E-state index < -0.39 is 53.3 Å². The molecule has 0 aromatic carbocycles. The van der Waals surface area contributed by atoms with E-state index in [2.05, 4.69) is 4.98 Å². The Bertz CT molecular complexity index is 855. The third kappa shape index (κ3) is 3.35. The first kappa shape index (κ1) is 18.5. The highest BCUT2D eigenvalue weighted by molar-refractivity contribution is 5.93. The highest BCUT2D eigenvalue weighted by Gasteiger charge is 2.56. The normalized spacial score (nSPS) is 29.4. The van der Waals surface area contributed by atoms with Gasteiger partial charge >= 0.3 is 11.7 Å². The minimum Gasteiger partial charge on any atom is -0.463 e. The molecule has 1 aromatic heterocycles. The number of carbonyl (C=O) groups excluding carboxylic acids is 2. The average Bonchev–Trinajstić information content (AvgIpc) is 2.98. The zero-order chi connectivity index (χ0) is 19.2. The van der Waals surface area contributed by atoms with Gasteiger partial charge in [-0.05, 0) is 20.8 Å². The van der Waals surface area contributed by atoms with Crippen LogP contribution >= 0.6 is 0 Å². The van der Waals surface area contributed by atoms with E-state index >= 15 is 0 Å². The molecule has 4 atom stereocenters. The van der Waals surface area contributed by atoms with Crippen molar-refractivity contribution in [2.75, 3.05) is 6.61 Å². The van der Waals surface area contributed by atoms with Crippen molar-refractivity contribution in [3.63, 3.8) is 0 Å². The molecule has 0 amide bonds. The number of aromatic nitrogens is 2. The van der Waals surface area contributed by atoms with Crippen molar-refractivity contribution in [2.45, 2.75) is 58.0 Å². The van der Waals surface area contributed by atoms with Crippen LogP contribution in [0.3, 0.4) is 0 Å². The lowest BCUT2D eigenvalue weighted by Gasteiger charge is -2.24. The molecule has 0 radical (unpaired) electrons. The van der Waals surface area contributed by atoms with Crippen molar-refractivity contribution < 1.29 is 28.5 Å². The summed E-state index contributed by atoms with van der Waals surface area (Å²) in [6.07, 6.45) is -1.75. The molecule has 0 saturated carbocycles. The monoisotopic (exact) mass is 368 g/mol. The van der Waals surface area contributed by atoms with E-state index in [9.17, 15) is 19.2 Å². The number of nitrogens with zero attached hydrogens (tertiary/aromatic N) is 1. The molecule has 0 aliphatic carbocycles.